The first-order valence-electron chi connectivity index (χ1n) is 9.71. The molecule has 0 aromatic carbocycles. The number of carbonyl (C=O) groups is 1. The molecule has 1 amide bonds. The number of likely N-dealkylation sites (tertiary alicyclic amines) is 1. The number of amides is 1. The zero-order valence-electron chi connectivity index (χ0n) is 15.3. The number of piperidine rings is 1. The summed E-state index contributed by atoms with van der Waals surface area (Å²) < 4.78 is 0. The van der Waals surface area contributed by atoms with Gasteiger partial charge in [0.2, 0.25) is 0 Å². The third-order valence-corrected chi connectivity index (χ3v) is 6.40. The number of nitrogens with one attached hydrogen (secondary N) is 1. The van der Waals surface area contributed by atoms with Crippen molar-refractivity contribution in [3.63, 3.8) is 0 Å². The van der Waals surface area contributed by atoms with Crippen molar-refractivity contribution in [1.82, 2.24) is 19.7 Å². The number of H-pyrrole nitrogens is 1. The van der Waals surface area contributed by atoms with E-state index in [1.165, 1.54) is 42.8 Å². The fourth-order valence-electron chi connectivity index (χ4n) is 3.93. The maximum absolute atomic E-state index is 12.4. The Morgan fingerprint density at radius 2 is 1.77 bits per heavy atom. The molecule has 0 radical (unpaired) electrons. The minimum absolute atomic E-state index is 0.120. The topological polar surface area (TPSA) is 42.6 Å². The lowest BCUT2D eigenvalue weighted by molar-refractivity contribution is 0.0624. The lowest BCUT2D eigenvalue weighted by Gasteiger charge is -2.34. The van der Waals surface area contributed by atoms with Crippen LogP contribution in [0.15, 0.2) is 29.8 Å². The van der Waals surface area contributed by atoms with Crippen molar-refractivity contribution in [3.05, 3.63) is 45.9 Å². The number of aromatic amines is 1. The molecule has 0 saturated carbocycles. The second kappa shape index (κ2) is 8.37. The third-order valence-electron chi connectivity index (χ3n) is 5.43. The minimum Gasteiger partial charge on any atom is -0.357 e. The van der Waals surface area contributed by atoms with Crippen molar-refractivity contribution in [1.29, 1.82) is 0 Å². The molecule has 5 nitrogen and oxygen atoms in total. The minimum atomic E-state index is 0.120. The molecular weight excluding hydrogens is 344 g/mol. The fourth-order valence-corrected chi connectivity index (χ4v) is 4.85. The zero-order valence-corrected chi connectivity index (χ0v) is 16.1. The van der Waals surface area contributed by atoms with E-state index < -0.39 is 0 Å². The molecule has 26 heavy (non-hydrogen) atoms. The van der Waals surface area contributed by atoms with Gasteiger partial charge in [-0.1, -0.05) is 6.42 Å². The number of hydrogen-bond donors (Lipinski definition) is 1. The highest BCUT2D eigenvalue weighted by Gasteiger charge is 2.23. The van der Waals surface area contributed by atoms with E-state index in [-0.39, 0.29) is 5.91 Å². The summed E-state index contributed by atoms with van der Waals surface area (Å²) >= 11 is 1.88. The highest BCUT2D eigenvalue weighted by atomic mass is 32.1. The predicted molar refractivity (Wildman–Crippen MR) is 105 cm³/mol. The highest BCUT2D eigenvalue weighted by Crippen LogP contribution is 2.21. The van der Waals surface area contributed by atoms with Crippen LogP contribution in [0.5, 0.6) is 0 Å². The van der Waals surface area contributed by atoms with Gasteiger partial charge in [-0.05, 0) is 55.1 Å². The van der Waals surface area contributed by atoms with Crippen LogP contribution in [0.3, 0.4) is 0 Å². The van der Waals surface area contributed by atoms with Gasteiger partial charge in [0.15, 0.2) is 0 Å². The van der Waals surface area contributed by atoms with Gasteiger partial charge in [0.05, 0.1) is 0 Å². The highest BCUT2D eigenvalue weighted by molar-refractivity contribution is 7.10. The zero-order chi connectivity index (χ0) is 17.8. The molecule has 6 heteroatoms. The van der Waals surface area contributed by atoms with Crippen LogP contribution in [0.4, 0.5) is 0 Å². The SMILES string of the molecule is O=C(c1ccc[nH]1)N1CCN(Cc2cc(CN3CCCCC3)cs2)CC1. The molecule has 2 aliphatic heterocycles. The summed E-state index contributed by atoms with van der Waals surface area (Å²) in [7, 11) is 0. The second-order valence-electron chi connectivity index (χ2n) is 7.41. The van der Waals surface area contributed by atoms with Gasteiger partial charge in [-0.15, -0.1) is 11.3 Å². The van der Waals surface area contributed by atoms with Gasteiger partial charge >= 0.3 is 0 Å². The molecule has 140 valence electrons. The van der Waals surface area contributed by atoms with Crippen LogP contribution >= 0.6 is 11.3 Å². The molecule has 0 aliphatic carbocycles. The molecule has 1 N–H and O–H groups in total. The smallest absolute Gasteiger partial charge is 0.270 e. The second-order valence-corrected chi connectivity index (χ2v) is 8.41. The van der Waals surface area contributed by atoms with E-state index in [1.807, 2.05) is 34.6 Å². The van der Waals surface area contributed by atoms with Gasteiger partial charge in [0.25, 0.3) is 5.91 Å². The van der Waals surface area contributed by atoms with E-state index >= 15 is 0 Å². The summed E-state index contributed by atoms with van der Waals surface area (Å²) in [5, 5.41) is 2.33. The number of nitrogens with zero attached hydrogens (tertiary/aromatic N) is 3. The number of thiophene rings is 1. The molecule has 2 saturated heterocycles. The van der Waals surface area contributed by atoms with Crippen LogP contribution in [0, 0.1) is 0 Å². The Morgan fingerprint density at radius 1 is 1.00 bits per heavy atom. The van der Waals surface area contributed by atoms with Crippen molar-refractivity contribution in [2.75, 3.05) is 39.3 Å². The van der Waals surface area contributed by atoms with Crippen molar-refractivity contribution in [3.8, 4) is 0 Å². The largest absolute Gasteiger partial charge is 0.357 e. The average Bonchev–Trinajstić information content (AvgIpc) is 3.35. The Labute approximate surface area is 159 Å². The van der Waals surface area contributed by atoms with Gasteiger partial charge in [0.1, 0.15) is 5.69 Å². The maximum Gasteiger partial charge on any atom is 0.270 e. The monoisotopic (exact) mass is 372 g/mol. The van der Waals surface area contributed by atoms with Crippen LogP contribution in [0.2, 0.25) is 0 Å². The fraction of sp³-hybridized carbons (Fsp3) is 0.550. The van der Waals surface area contributed by atoms with Gasteiger partial charge in [0, 0.05) is 50.3 Å². The van der Waals surface area contributed by atoms with Gasteiger partial charge in [-0.3, -0.25) is 14.6 Å². The molecule has 2 fully saturated rings. The summed E-state index contributed by atoms with van der Waals surface area (Å²) in [5.74, 6) is 0.120. The van der Waals surface area contributed by atoms with Crippen molar-refractivity contribution in [2.45, 2.75) is 32.4 Å². The molecule has 0 spiro atoms. The van der Waals surface area contributed by atoms with Gasteiger partial charge in [-0.2, -0.15) is 0 Å². The Kier molecular flexibility index (Phi) is 5.72. The lowest BCUT2D eigenvalue weighted by Crippen LogP contribution is -2.48. The first-order valence-corrected chi connectivity index (χ1v) is 10.6. The van der Waals surface area contributed by atoms with E-state index in [0.29, 0.717) is 5.69 Å². The quantitative estimate of drug-likeness (QED) is 0.877. The summed E-state index contributed by atoms with van der Waals surface area (Å²) in [6.45, 7) is 8.14. The number of aromatic nitrogens is 1. The van der Waals surface area contributed by atoms with Crippen LogP contribution < -0.4 is 0 Å². The molecule has 4 heterocycles. The molecule has 2 aromatic rings. The summed E-state index contributed by atoms with van der Waals surface area (Å²) in [5.41, 5.74) is 2.16. The summed E-state index contributed by atoms with van der Waals surface area (Å²) in [4.78, 5) is 23.9. The number of rotatable bonds is 5. The average molecular weight is 373 g/mol. The van der Waals surface area contributed by atoms with E-state index in [2.05, 4.69) is 26.2 Å². The Morgan fingerprint density at radius 3 is 2.50 bits per heavy atom. The van der Waals surface area contributed by atoms with Crippen LogP contribution in [0.25, 0.3) is 0 Å². The molecule has 0 atom stereocenters. The van der Waals surface area contributed by atoms with Crippen molar-refractivity contribution in [2.24, 2.45) is 0 Å². The number of carbonyl (C=O) groups excluding carboxylic acids is 1. The van der Waals surface area contributed by atoms with Crippen molar-refractivity contribution >= 4 is 17.2 Å². The van der Waals surface area contributed by atoms with Crippen LogP contribution in [-0.2, 0) is 13.1 Å². The molecule has 0 bridgehead atoms. The predicted octanol–water partition coefficient (Wildman–Crippen LogP) is 3.02. The number of hydrogen-bond acceptors (Lipinski definition) is 4. The molecular formula is C20H28N4OS. The summed E-state index contributed by atoms with van der Waals surface area (Å²) in [6, 6.07) is 6.11. The molecule has 0 unspecified atom stereocenters. The Bertz CT molecular complexity index is 697. The van der Waals surface area contributed by atoms with Gasteiger partial charge < -0.3 is 9.88 Å². The van der Waals surface area contributed by atoms with E-state index in [9.17, 15) is 4.79 Å². The van der Waals surface area contributed by atoms with E-state index in [1.54, 1.807) is 0 Å². The van der Waals surface area contributed by atoms with E-state index in [0.717, 1.165) is 39.3 Å². The third kappa shape index (κ3) is 4.37. The van der Waals surface area contributed by atoms with Crippen molar-refractivity contribution < 1.29 is 4.79 Å². The molecule has 4 rings (SSSR count). The normalized spacial score (nSPS) is 19.8. The number of piperazine rings is 1. The van der Waals surface area contributed by atoms with E-state index in [4.69, 9.17) is 0 Å². The Hall–Kier alpha value is -1.63. The maximum atomic E-state index is 12.4. The van der Waals surface area contributed by atoms with Gasteiger partial charge in [-0.25, -0.2) is 0 Å². The first kappa shape index (κ1) is 17.8. The first-order chi connectivity index (χ1) is 12.8. The standard InChI is InChI=1S/C20H28N4OS/c25-20(19-5-4-6-21-19)24-11-9-23(10-12-24)15-18-13-17(16-26-18)14-22-7-2-1-3-8-22/h4-6,13,16,21H,1-3,7-12,14-15H2. The van der Waals surface area contributed by atoms with Crippen LogP contribution in [-0.4, -0.2) is 64.9 Å². The summed E-state index contributed by atoms with van der Waals surface area (Å²) in [6.07, 6.45) is 5.90. The lowest BCUT2D eigenvalue weighted by atomic mass is 10.1. The molecule has 2 aromatic heterocycles. The molecule has 2 aliphatic rings. The Balaban J connectivity index is 1.25. The van der Waals surface area contributed by atoms with Crippen LogP contribution in [0.1, 0.15) is 40.2 Å².